The van der Waals surface area contributed by atoms with Crippen molar-refractivity contribution in [1.82, 2.24) is 14.9 Å². The summed E-state index contributed by atoms with van der Waals surface area (Å²) in [6.07, 6.45) is 1.47. The summed E-state index contributed by atoms with van der Waals surface area (Å²) in [6, 6.07) is 20.4. The van der Waals surface area contributed by atoms with Gasteiger partial charge in [-0.05, 0) is 43.3 Å². The van der Waals surface area contributed by atoms with Gasteiger partial charge >= 0.3 is 0 Å². The molecule has 2 N–H and O–H groups in total. The second kappa shape index (κ2) is 9.16. The molecule has 35 heavy (non-hydrogen) atoms. The quantitative estimate of drug-likeness (QED) is 0.345. The lowest BCUT2D eigenvalue weighted by molar-refractivity contribution is 0.102. The van der Waals surface area contributed by atoms with Crippen molar-refractivity contribution >= 4 is 32.7 Å². The van der Waals surface area contributed by atoms with Gasteiger partial charge in [0.2, 0.25) is 10.0 Å². The molecule has 1 amide bonds. The summed E-state index contributed by atoms with van der Waals surface area (Å²) in [5.74, 6) is 0.0389. The van der Waals surface area contributed by atoms with E-state index < -0.39 is 15.9 Å². The van der Waals surface area contributed by atoms with Gasteiger partial charge in [-0.15, -0.1) is 0 Å². The molecule has 5 aromatic rings. The summed E-state index contributed by atoms with van der Waals surface area (Å²) < 4.78 is 38.4. The summed E-state index contributed by atoms with van der Waals surface area (Å²) in [7, 11) is -3.83. The van der Waals surface area contributed by atoms with Gasteiger partial charge in [0.15, 0.2) is 0 Å². The Bertz CT molecular complexity index is 1610. The van der Waals surface area contributed by atoms with Crippen molar-refractivity contribution in [1.29, 1.82) is 0 Å². The van der Waals surface area contributed by atoms with Crippen molar-refractivity contribution in [3.05, 3.63) is 96.1 Å². The van der Waals surface area contributed by atoms with Gasteiger partial charge in [0.05, 0.1) is 40.0 Å². The van der Waals surface area contributed by atoms with Crippen LogP contribution in [0.3, 0.4) is 0 Å². The molecule has 3 aromatic heterocycles. The molecule has 0 unspecified atom stereocenters. The number of sulfonamides is 1. The lowest BCUT2D eigenvalue weighted by atomic mass is 10.1. The Hall–Kier alpha value is -4.28. The van der Waals surface area contributed by atoms with Crippen molar-refractivity contribution in [2.24, 2.45) is 0 Å². The van der Waals surface area contributed by atoms with Gasteiger partial charge in [-0.25, -0.2) is 18.1 Å². The monoisotopic (exact) mass is 488 g/mol. The predicted octanol–water partition coefficient (Wildman–Crippen LogP) is 4.52. The van der Waals surface area contributed by atoms with E-state index in [0.717, 1.165) is 5.56 Å². The lowest BCUT2D eigenvalue weighted by Gasteiger charge is -2.10. The molecule has 0 atom stereocenters. The fourth-order valence-electron chi connectivity index (χ4n) is 3.63. The molecule has 2 aromatic carbocycles. The first kappa shape index (κ1) is 22.5. The topological polar surface area (TPSA) is 127 Å². The summed E-state index contributed by atoms with van der Waals surface area (Å²) in [6.45, 7) is 1.74. The van der Waals surface area contributed by atoms with Crippen LogP contribution in [0.25, 0.3) is 22.4 Å². The number of rotatable bonds is 7. The fourth-order valence-corrected chi connectivity index (χ4v) is 4.67. The Labute approximate surface area is 200 Å². The van der Waals surface area contributed by atoms with Gasteiger partial charge in [-0.3, -0.25) is 4.79 Å². The number of carbonyl (C=O) groups excluding carboxylic acids is 1. The molecular formula is C25H20N4O5S. The second-order valence-corrected chi connectivity index (χ2v) is 9.52. The van der Waals surface area contributed by atoms with Crippen LogP contribution in [-0.4, -0.2) is 24.5 Å². The van der Waals surface area contributed by atoms with Crippen molar-refractivity contribution in [3.8, 4) is 11.3 Å². The van der Waals surface area contributed by atoms with Gasteiger partial charge in [-0.1, -0.05) is 41.6 Å². The lowest BCUT2D eigenvalue weighted by Crippen LogP contribution is -2.23. The average molecular weight is 489 g/mol. The average Bonchev–Trinajstić information content (AvgIpc) is 3.53. The highest BCUT2D eigenvalue weighted by Crippen LogP contribution is 2.28. The molecule has 0 fully saturated rings. The molecule has 0 saturated carbocycles. The molecule has 0 bridgehead atoms. The minimum atomic E-state index is -3.83. The number of carbonyl (C=O) groups is 1. The number of pyridine rings is 1. The Morgan fingerprint density at radius 2 is 1.83 bits per heavy atom. The van der Waals surface area contributed by atoms with E-state index in [1.807, 2.05) is 30.3 Å². The number of nitrogens with one attached hydrogen (secondary N) is 2. The third-order valence-corrected chi connectivity index (χ3v) is 6.75. The van der Waals surface area contributed by atoms with Gasteiger partial charge in [-0.2, -0.15) is 0 Å². The second-order valence-electron chi connectivity index (χ2n) is 7.76. The number of furan rings is 1. The Morgan fingerprint density at radius 3 is 2.60 bits per heavy atom. The molecule has 5 rings (SSSR count). The molecule has 0 aliphatic carbocycles. The molecular weight excluding hydrogens is 468 g/mol. The van der Waals surface area contributed by atoms with E-state index in [-0.39, 0.29) is 17.2 Å². The highest BCUT2D eigenvalue weighted by atomic mass is 32.2. The first-order chi connectivity index (χ1) is 16.9. The van der Waals surface area contributed by atoms with E-state index >= 15 is 0 Å². The number of anilines is 1. The Kier molecular flexibility index (Phi) is 5.89. The zero-order valence-electron chi connectivity index (χ0n) is 18.6. The van der Waals surface area contributed by atoms with E-state index in [1.165, 1.54) is 18.4 Å². The number of hydrogen-bond donors (Lipinski definition) is 2. The van der Waals surface area contributed by atoms with E-state index in [4.69, 9.17) is 8.94 Å². The third-order valence-electron chi connectivity index (χ3n) is 5.35. The molecule has 0 aliphatic rings. The maximum Gasteiger partial charge on any atom is 0.259 e. The van der Waals surface area contributed by atoms with E-state index in [0.29, 0.717) is 33.8 Å². The Morgan fingerprint density at radius 1 is 1.00 bits per heavy atom. The van der Waals surface area contributed by atoms with Crippen molar-refractivity contribution in [3.63, 3.8) is 0 Å². The van der Waals surface area contributed by atoms with Crippen molar-refractivity contribution in [2.75, 3.05) is 5.32 Å². The van der Waals surface area contributed by atoms with E-state index in [9.17, 15) is 13.2 Å². The van der Waals surface area contributed by atoms with Gasteiger partial charge in [0.1, 0.15) is 5.76 Å². The molecule has 3 heterocycles. The number of nitrogens with zero attached hydrogens (tertiary/aromatic N) is 2. The summed E-state index contributed by atoms with van der Waals surface area (Å²) in [4.78, 5) is 17.8. The molecule has 0 saturated heterocycles. The molecule has 0 radical (unpaired) electrons. The molecule has 0 aliphatic heterocycles. The van der Waals surface area contributed by atoms with Crippen LogP contribution in [0.5, 0.6) is 0 Å². The number of aromatic nitrogens is 2. The maximum atomic E-state index is 13.3. The fraction of sp³-hybridized carbons (Fsp3) is 0.0800. The van der Waals surface area contributed by atoms with Crippen LogP contribution in [0.4, 0.5) is 5.69 Å². The Balaban J connectivity index is 1.44. The largest absolute Gasteiger partial charge is 0.468 e. The van der Waals surface area contributed by atoms with Crippen LogP contribution in [0.2, 0.25) is 0 Å². The van der Waals surface area contributed by atoms with Crippen molar-refractivity contribution in [2.45, 2.75) is 18.4 Å². The van der Waals surface area contributed by atoms with Gasteiger partial charge < -0.3 is 14.3 Å². The van der Waals surface area contributed by atoms with E-state index in [2.05, 4.69) is 20.2 Å². The number of aryl methyl sites for hydroxylation is 1. The third kappa shape index (κ3) is 4.70. The normalized spacial score (nSPS) is 11.6. The number of benzene rings is 2. The van der Waals surface area contributed by atoms with Crippen LogP contribution in [0.15, 0.2) is 92.9 Å². The minimum Gasteiger partial charge on any atom is -0.468 e. The van der Waals surface area contributed by atoms with Crippen LogP contribution in [-0.2, 0) is 16.6 Å². The molecule has 9 nitrogen and oxygen atoms in total. The first-order valence-electron chi connectivity index (χ1n) is 10.7. The predicted molar refractivity (Wildman–Crippen MR) is 129 cm³/mol. The summed E-state index contributed by atoms with van der Waals surface area (Å²) in [5, 5.41) is 7.23. The van der Waals surface area contributed by atoms with Crippen LogP contribution >= 0.6 is 0 Å². The van der Waals surface area contributed by atoms with Crippen LogP contribution in [0.1, 0.15) is 21.8 Å². The summed E-state index contributed by atoms with van der Waals surface area (Å²) >= 11 is 0. The SMILES string of the molecule is Cc1noc2nc(-c3ccccc3)cc(C(=O)Nc3cccc(S(=O)(=O)NCc4ccco4)c3)c12. The number of amides is 1. The molecule has 10 heteroatoms. The van der Waals surface area contributed by atoms with Crippen molar-refractivity contribution < 1.29 is 22.2 Å². The van der Waals surface area contributed by atoms with Gasteiger partial charge in [0, 0.05) is 11.3 Å². The standard InChI is InChI=1S/C25H20N4O5S/c1-16-23-21(14-22(28-25(23)34-29-16)17-7-3-2-4-8-17)24(30)27-18-9-5-11-20(13-18)35(31,32)26-15-19-10-6-12-33-19/h2-14,26H,15H2,1H3,(H,27,30). The summed E-state index contributed by atoms with van der Waals surface area (Å²) in [5.41, 5.74) is 2.77. The minimum absolute atomic E-state index is 0.00728. The van der Waals surface area contributed by atoms with Crippen LogP contribution < -0.4 is 10.0 Å². The zero-order chi connectivity index (χ0) is 24.4. The highest BCUT2D eigenvalue weighted by Gasteiger charge is 2.21. The number of hydrogen-bond acceptors (Lipinski definition) is 7. The van der Waals surface area contributed by atoms with Gasteiger partial charge in [0.25, 0.3) is 11.6 Å². The highest BCUT2D eigenvalue weighted by molar-refractivity contribution is 7.89. The number of fused-ring (bicyclic) bond motifs is 1. The van der Waals surface area contributed by atoms with E-state index in [1.54, 1.807) is 37.3 Å². The zero-order valence-corrected chi connectivity index (χ0v) is 19.4. The molecule has 176 valence electrons. The smallest absolute Gasteiger partial charge is 0.259 e. The molecule has 0 spiro atoms. The van der Waals surface area contributed by atoms with Crippen LogP contribution in [0, 0.1) is 6.92 Å². The first-order valence-corrected chi connectivity index (χ1v) is 12.1. The maximum absolute atomic E-state index is 13.3.